The van der Waals surface area contributed by atoms with Crippen molar-refractivity contribution in [3.8, 4) is 6.07 Å². The van der Waals surface area contributed by atoms with E-state index in [9.17, 15) is 4.79 Å². The van der Waals surface area contributed by atoms with E-state index in [1.54, 1.807) is 6.07 Å². The minimum Gasteiger partial charge on any atom is -0.444 e. The van der Waals surface area contributed by atoms with Crippen LogP contribution in [0.4, 0.5) is 4.79 Å². The van der Waals surface area contributed by atoms with Crippen molar-refractivity contribution >= 4 is 6.09 Å². The number of carbonyl (C=O) groups excluding carboxylic acids is 1. The highest BCUT2D eigenvalue weighted by molar-refractivity contribution is 5.67. The van der Waals surface area contributed by atoms with Gasteiger partial charge >= 0.3 is 6.09 Å². The molecule has 1 aromatic rings. The SMILES string of the molecule is Cc1cc(CCNC(=O)OC(C)(C)C)ccc1C#N. The summed E-state index contributed by atoms with van der Waals surface area (Å²) < 4.78 is 5.14. The fraction of sp³-hybridized carbons (Fsp3) is 0.467. The van der Waals surface area contributed by atoms with Gasteiger partial charge in [0, 0.05) is 6.54 Å². The predicted molar refractivity (Wildman–Crippen MR) is 73.8 cm³/mol. The first kappa shape index (κ1) is 15.0. The number of nitrogens with one attached hydrogen (secondary N) is 1. The summed E-state index contributed by atoms with van der Waals surface area (Å²) in [6.45, 7) is 7.91. The van der Waals surface area contributed by atoms with Crippen LogP contribution in [0.15, 0.2) is 18.2 Å². The average molecular weight is 260 g/mol. The maximum absolute atomic E-state index is 11.4. The molecule has 0 radical (unpaired) electrons. The summed E-state index contributed by atoms with van der Waals surface area (Å²) in [5, 5.41) is 11.6. The molecule has 0 spiro atoms. The predicted octanol–water partition coefficient (Wildman–Crippen LogP) is 2.93. The standard InChI is InChI=1S/C15H20N2O2/c1-11-9-12(5-6-13(11)10-16)7-8-17-14(18)19-15(2,3)4/h5-6,9H,7-8H2,1-4H3,(H,17,18). The first-order valence-corrected chi connectivity index (χ1v) is 6.28. The third-order valence-electron chi connectivity index (χ3n) is 2.49. The van der Waals surface area contributed by atoms with Gasteiger partial charge in [0.1, 0.15) is 5.60 Å². The van der Waals surface area contributed by atoms with Gasteiger partial charge in [-0.2, -0.15) is 5.26 Å². The lowest BCUT2D eigenvalue weighted by molar-refractivity contribution is 0.0528. The van der Waals surface area contributed by atoms with E-state index >= 15 is 0 Å². The molecule has 0 aliphatic heterocycles. The maximum Gasteiger partial charge on any atom is 0.407 e. The molecule has 0 fully saturated rings. The van der Waals surface area contributed by atoms with Crippen LogP contribution in [0.5, 0.6) is 0 Å². The third kappa shape index (κ3) is 5.43. The maximum atomic E-state index is 11.4. The quantitative estimate of drug-likeness (QED) is 0.908. The molecule has 0 heterocycles. The molecule has 4 heteroatoms. The van der Waals surface area contributed by atoms with E-state index in [2.05, 4.69) is 11.4 Å². The van der Waals surface area contributed by atoms with E-state index in [-0.39, 0.29) is 0 Å². The van der Waals surface area contributed by atoms with Gasteiger partial charge < -0.3 is 10.1 Å². The molecule has 0 aliphatic carbocycles. The number of carbonyl (C=O) groups is 1. The second kappa shape index (κ2) is 6.24. The summed E-state index contributed by atoms with van der Waals surface area (Å²) in [6.07, 6.45) is 0.309. The van der Waals surface area contributed by atoms with Crippen LogP contribution in [0, 0.1) is 18.3 Å². The van der Waals surface area contributed by atoms with Crippen LogP contribution in [-0.4, -0.2) is 18.2 Å². The van der Waals surface area contributed by atoms with E-state index in [1.165, 1.54) is 0 Å². The molecule has 102 valence electrons. The van der Waals surface area contributed by atoms with Crippen LogP contribution < -0.4 is 5.32 Å². The molecule has 0 bridgehead atoms. The normalized spacial score (nSPS) is 10.7. The largest absolute Gasteiger partial charge is 0.444 e. The molecule has 4 nitrogen and oxygen atoms in total. The van der Waals surface area contributed by atoms with Gasteiger partial charge in [-0.25, -0.2) is 4.79 Å². The van der Waals surface area contributed by atoms with Crippen molar-refractivity contribution in [2.45, 2.75) is 39.7 Å². The molecule has 0 atom stereocenters. The second-order valence-corrected chi connectivity index (χ2v) is 5.44. The lowest BCUT2D eigenvalue weighted by atomic mass is 10.0. The molecule has 0 aromatic heterocycles. The number of alkyl carbamates (subject to hydrolysis) is 1. The van der Waals surface area contributed by atoms with Crippen LogP contribution >= 0.6 is 0 Å². The molecule has 1 N–H and O–H groups in total. The summed E-state index contributed by atoms with van der Waals surface area (Å²) in [4.78, 5) is 11.4. The second-order valence-electron chi connectivity index (χ2n) is 5.44. The van der Waals surface area contributed by atoms with Crippen molar-refractivity contribution in [1.29, 1.82) is 5.26 Å². The van der Waals surface area contributed by atoms with Crippen LogP contribution in [0.2, 0.25) is 0 Å². The number of ether oxygens (including phenoxy) is 1. The molecule has 0 aliphatic rings. The first-order valence-electron chi connectivity index (χ1n) is 6.28. The lowest BCUT2D eigenvalue weighted by Crippen LogP contribution is -2.33. The van der Waals surface area contributed by atoms with Gasteiger partial charge in [0.25, 0.3) is 0 Å². The highest BCUT2D eigenvalue weighted by Crippen LogP contribution is 2.10. The van der Waals surface area contributed by atoms with E-state index in [4.69, 9.17) is 10.00 Å². The van der Waals surface area contributed by atoms with Crippen molar-refractivity contribution in [3.63, 3.8) is 0 Å². The summed E-state index contributed by atoms with van der Waals surface area (Å²) in [5.41, 5.74) is 2.25. The van der Waals surface area contributed by atoms with Gasteiger partial charge in [-0.1, -0.05) is 12.1 Å². The van der Waals surface area contributed by atoms with Crippen molar-refractivity contribution < 1.29 is 9.53 Å². The zero-order valence-electron chi connectivity index (χ0n) is 11.9. The van der Waals surface area contributed by atoms with Gasteiger partial charge in [0.15, 0.2) is 0 Å². The zero-order chi connectivity index (χ0) is 14.5. The Kier molecular flexibility index (Phi) is 4.94. The molecule has 0 saturated heterocycles. The minimum atomic E-state index is -0.477. The summed E-state index contributed by atoms with van der Waals surface area (Å²) in [7, 11) is 0. The van der Waals surface area contributed by atoms with Crippen molar-refractivity contribution in [1.82, 2.24) is 5.32 Å². The van der Waals surface area contributed by atoms with E-state index < -0.39 is 11.7 Å². The Hall–Kier alpha value is -2.02. The van der Waals surface area contributed by atoms with Gasteiger partial charge in [-0.15, -0.1) is 0 Å². The first-order chi connectivity index (χ1) is 8.81. The molecule has 19 heavy (non-hydrogen) atoms. The number of benzene rings is 1. The Labute approximate surface area is 114 Å². The average Bonchev–Trinajstić information content (AvgIpc) is 2.26. The third-order valence-corrected chi connectivity index (χ3v) is 2.49. The number of aryl methyl sites for hydroxylation is 1. The summed E-state index contributed by atoms with van der Waals surface area (Å²) in [5.74, 6) is 0. The molecular formula is C15H20N2O2. The number of rotatable bonds is 3. The number of hydrogen-bond acceptors (Lipinski definition) is 3. The Morgan fingerprint density at radius 1 is 1.42 bits per heavy atom. The molecule has 1 amide bonds. The van der Waals surface area contributed by atoms with E-state index in [0.717, 1.165) is 11.1 Å². The minimum absolute atomic E-state index is 0.405. The molecule has 0 saturated carbocycles. The summed E-state index contributed by atoms with van der Waals surface area (Å²) in [6, 6.07) is 7.81. The van der Waals surface area contributed by atoms with Gasteiger partial charge in [0.05, 0.1) is 11.6 Å². The number of hydrogen-bond donors (Lipinski definition) is 1. The monoisotopic (exact) mass is 260 g/mol. The van der Waals surface area contributed by atoms with Gasteiger partial charge in [-0.3, -0.25) is 0 Å². The number of nitrogens with zero attached hydrogens (tertiary/aromatic N) is 1. The van der Waals surface area contributed by atoms with E-state index in [1.807, 2.05) is 39.8 Å². The van der Waals surface area contributed by atoms with Crippen molar-refractivity contribution in [2.75, 3.05) is 6.54 Å². The molecule has 1 aromatic carbocycles. The lowest BCUT2D eigenvalue weighted by Gasteiger charge is -2.19. The van der Waals surface area contributed by atoms with Crippen LogP contribution in [-0.2, 0) is 11.2 Å². The fourth-order valence-corrected chi connectivity index (χ4v) is 1.63. The number of amides is 1. The van der Waals surface area contributed by atoms with Gasteiger partial charge in [-0.05, 0) is 51.3 Å². The summed E-state index contributed by atoms with van der Waals surface area (Å²) >= 11 is 0. The molecular weight excluding hydrogens is 240 g/mol. The highest BCUT2D eigenvalue weighted by Gasteiger charge is 2.15. The van der Waals surface area contributed by atoms with Crippen LogP contribution in [0.1, 0.15) is 37.5 Å². The van der Waals surface area contributed by atoms with E-state index in [0.29, 0.717) is 18.5 Å². The Morgan fingerprint density at radius 2 is 2.11 bits per heavy atom. The van der Waals surface area contributed by atoms with Crippen molar-refractivity contribution in [3.05, 3.63) is 34.9 Å². The van der Waals surface area contributed by atoms with Crippen molar-refractivity contribution in [2.24, 2.45) is 0 Å². The fourth-order valence-electron chi connectivity index (χ4n) is 1.63. The van der Waals surface area contributed by atoms with Crippen LogP contribution in [0.3, 0.4) is 0 Å². The Balaban J connectivity index is 2.44. The van der Waals surface area contributed by atoms with Crippen LogP contribution in [0.25, 0.3) is 0 Å². The Bertz CT molecular complexity index is 496. The molecule has 1 rings (SSSR count). The molecule has 0 unspecified atom stereocenters. The zero-order valence-corrected chi connectivity index (χ0v) is 11.9. The highest BCUT2D eigenvalue weighted by atomic mass is 16.6. The smallest absolute Gasteiger partial charge is 0.407 e. The number of nitriles is 1. The van der Waals surface area contributed by atoms with Gasteiger partial charge in [0.2, 0.25) is 0 Å². The Morgan fingerprint density at radius 3 is 2.63 bits per heavy atom. The topological polar surface area (TPSA) is 62.1 Å².